The molecule has 0 radical (unpaired) electrons. The van der Waals surface area contributed by atoms with E-state index in [1.165, 1.54) is 12.8 Å². The number of amides is 1. The minimum Gasteiger partial charge on any atom is -0.339 e. The number of likely N-dealkylation sites (N-methyl/N-ethyl adjacent to an activating group) is 1. The summed E-state index contributed by atoms with van der Waals surface area (Å²) >= 11 is 0. The average molecular weight is 208 g/mol. The summed E-state index contributed by atoms with van der Waals surface area (Å²) in [5, 5.41) is 3.15. The smallest absolute Gasteiger partial charge is 0.236 e. The van der Waals surface area contributed by atoms with Gasteiger partial charge in [-0.1, -0.05) is 0 Å². The van der Waals surface area contributed by atoms with Crippen LogP contribution in [0.15, 0.2) is 0 Å². The lowest BCUT2D eigenvalue weighted by Gasteiger charge is -2.21. The van der Waals surface area contributed by atoms with E-state index in [2.05, 4.69) is 11.2 Å². The van der Waals surface area contributed by atoms with Gasteiger partial charge in [0.1, 0.15) is 0 Å². The van der Waals surface area contributed by atoms with Crippen molar-refractivity contribution in [1.82, 2.24) is 10.2 Å². The van der Waals surface area contributed by atoms with Crippen molar-refractivity contribution in [1.29, 1.82) is 0 Å². The first-order valence-electron chi connectivity index (χ1n) is 5.65. The first kappa shape index (κ1) is 12.1. The highest BCUT2D eigenvalue weighted by atomic mass is 16.2. The number of nitrogens with zero attached hydrogens (tertiary/aromatic N) is 1. The molecule has 1 amide bonds. The van der Waals surface area contributed by atoms with Crippen molar-refractivity contribution < 1.29 is 4.79 Å². The first-order chi connectivity index (χ1) is 7.19. The van der Waals surface area contributed by atoms with Crippen LogP contribution in [0.3, 0.4) is 0 Å². The van der Waals surface area contributed by atoms with Crippen LogP contribution >= 0.6 is 0 Å². The summed E-state index contributed by atoms with van der Waals surface area (Å²) in [7, 11) is 0. The summed E-state index contributed by atoms with van der Waals surface area (Å²) in [5.41, 5.74) is 0. The number of carbonyl (C=O) groups excluding carboxylic acids is 1. The average Bonchev–Trinajstić information content (AvgIpc) is 3.00. The minimum atomic E-state index is 0.198. The molecule has 0 aromatic rings. The third kappa shape index (κ3) is 3.93. The maximum Gasteiger partial charge on any atom is 0.236 e. The maximum atomic E-state index is 11.8. The molecule has 0 spiro atoms. The van der Waals surface area contributed by atoms with Crippen LogP contribution in [-0.2, 0) is 4.79 Å². The Balaban J connectivity index is 2.25. The Morgan fingerprint density at radius 3 is 2.80 bits per heavy atom. The summed E-state index contributed by atoms with van der Waals surface area (Å²) in [6.07, 6.45) is 8.20. The fraction of sp³-hybridized carbons (Fsp3) is 0.750. The normalized spacial score (nSPS) is 16.9. The van der Waals surface area contributed by atoms with Crippen molar-refractivity contribution in [3.8, 4) is 12.3 Å². The summed E-state index contributed by atoms with van der Waals surface area (Å²) in [6, 6.07) is 0.726. The predicted octanol–water partition coefficient (Wildman–Crippen LogP) is 0.999. The van der Waals surface area contributed by atoms with E-state index in [4.69, 9.17) is 6.42 Å². The predicted molar refractivity (Wildman–Crippen MR) is 61.3 cm³/mol. The van der Waals surface area contributed by atoms with Gasteiger partial charge in [-0.25, -0.2) is 0 Å². The Morgan fingerprint density at radius 1 is 1.67 bits per heavy atom. The van der Waals surface area contributed by atoms with Crippen LogP contribution < -0.4 is 5.32 Å². The number of terminal acetylenes is 1. The second-order valence-electron chi connectivity index (χ2n) is 4.10. The molecule has 0 aliphatic heterocycles. The fourth-order valence-electron chi connectivity index (χ4n) is 1.64. The molecular weight excluding hydrogens is 188 g/mol. The largest absolute Gasteiger partial charge is 0.339 e. The van der Waals surface area contributed by atoms with Crippen LogP contribution in [0.2, 0.25) is 0 Å². The van der Waals surface area contributed by atoms with Gasteiger partial charge >= 0.3 is 0 Å². The van der Waals surface area contributed by atoms with E-state index in [9.17, 15) is 4.79 Å². The zero-order valence-corrected chi connectivity index (χ0v) is 9.62. The molecule has 1 fully saturated rings. The molecule has 1 N–H and O–H groups in total. The molecule has 1 rings (SSSR count). The second kappa shape index (κ2) is 5.77. The topological polar surface area (TPSA) is 32.3 Å². The van der Waals surface area contributed by atoms with Gasteiger partial charge in [0.05, 0.1) is 6.54 Å². The zero-order chi connectivity index (χ0) is 11.3. The number of hydrogen-bond acceptors (Lipinski definition) is 2. The first-order valence-corrected chi connectivity index (χ1v) is 5.65. The molecule has 0 saturated heterocycles. The molecule has 1 aliphatic rings. The Bertz CT molecular complexity index is 253. The lowest BCUT2D eigenvalue weighted by Crippen LogP contribution is -2.41. The second-order valence-corrected chi connectivity index (χ2v) is 4.10. The molecule has 1 saturated carbocycles. The zero-order valence-electron chi connectivity index (χ0n) is 9.62. The standard InChI is InChI=1S/C12H20N2O/c1-4-6-10(3)13-9-12(15)14(5-2)11-7-8-11/h1,10-11,13H,5-9H2,2-3H3. The van der Waals surface area contributed by atoms with E-state index >= 15 is 0 Å². The van der Waals surface area contributed by atoms with Gasteiger partial charge in [-0.15, -0.1) is 12.3 Å². The molecule has 3 heteroatoms. The van der Waals surface area contributed by atoms with Crippen molar-refractivity contribution in [2.75, 3.05) is 13.1 Å². The van der Waals surface area contributed by atoms with E-state index in [-0.39, 0.29) is 11.9 Å². The molecule has 1 atom stereocenters. The third-order valence-electron chi connectivity index (χ3n) is 2.67. The van der Waals surface area contributed by atoms with Gasteiger partial charge in [-0.3, -0.25) is 4.79 Å². The SMILES string of the molecule is C#CCC(C)NCC(=O)N(CC)C1CC1. The molecule has 1 aliphatic carbocycles. The van der Waals surface area contributed by atoms with Gasteiger partial charge in [-0.2, -0.15) is 0 Å². The van der Waals surface area contributed by atoms with E-state index < -0.39 is 0 Å². The molecule has 0 heterocycles. The molecule has 0 aromatic heterocycles. The summed E-state index contributed by atoms with van der Waals surface area (Å²) in [6.45, 7) is 5.25. The van der Waals surface area contributed by atoms with Gasteiger partial charge in [-0.05, 0) is 26.7 Å². The number of carbonyl (C=O) groups is 1. The Morgan fingerprint density at radius 2 is 2.33 bits per heavy atom. The summed E-state index contributed by atoms with van der Waals surface area (Å²) in [4.78, 5) is 13.7. The van der Waals surface area contributed by atoms with E-state index in [0.29, 0.717) is 19.0 Å². The quantitative estimate of drug-likeness (QED) is 0.660. The van der Waals surface area contributed by atoms with E-state index in [1.807, 2.05) is 18.7 Å². The van der Waals surface area contributed by atoms with Crippen molar-refractivity contribution in [2.24, 2.45) is 0 Å². The Kier molecular flexibility index (Phi) is 4.64. The van der Waals surface area contributed by atoms with Gasteiger partial charge < -0.3 is 10.2 Å². The van der Waals surface area contributed by atoms with E-state index in [0.717, 1.165) is 6.54 Å². The highest BCUT2D eigenvalue weighted by Crippen LogP contribution is 2.26. The molecule has 3 nitrogen and oxygen atoms in total. The van der Waals surface area contributed by atoms with Crippen molar-refractivity contribution in [3.05, 3.63) is 0 Å². The fourth-order valence-corrected chi connectivity index (χ4v) is 1.64. The summed E-state index contributed by atoms with van der Waals surface area (Å²) in [5.74, 6) is 2.78. The van der Waals surface area contributed by atoms with Crippen LogP contribution in [0.1, 0.15) is 33.1 Å². The van der Waals surface area contributed by atoms with Gasteiger partial charge in [0.2, 0.25) is 5.91 Å². The molecule has 0 aromatic carbocycles. The Hall–Kier alpha value is -1.01. The van der Waals surface area contributed by atoms with Crippen LogP contribution in [0.25, 0.3) is 0 Å². The molecular formula is C12H20N2O. The lowest BCUT2D eigenvalue weighted by molar-refractivity contribution is -0.130. The highest BCUT2D eigenvalue weighted by molar-refractivity contribution is 5.78. The number of hydrogen-bond donors (Lipinski definition) is 1. The Labute approximate surface area is 92.2 Å². The molecule has 15 heavy (non-hydrogen) atoms. The van der Waals surface area contributed by atoms with Crippen molar-refractivity contribution in [3.63, 3.8) is 0 Å². The lowest BCUT2D eigenvalue weighted by atomic mass is 10.2. The molecule has 84 valence electrons. The number of nitrogens with one attached hydrogen (secondary N) is 1. The molecule has 1 unspecified atom stereocenters. The van der Waals surface area contributed by atoms with Crippen molar-refractivity contribution >= 4 is 5.91 Å². The van der Waals surface area contributed by atoms with Gasteiger partial charge in [0.15, 0.2) is 0 Å². The third-order valence-corrected chi connectivity index (χ3v) is 2.67. The van der Waals surface area contributed by atoms with Crippen molar-refractivity contribution in [2.45, 2.75) is 45.2 Å². The van der Waals surface area contributed by atoms with Crippen LogP contribution in [-0.4, -0.2) is 36.0 Å². The van der Waals surface area contributed by atoms with Crippen LogP contribution in [0, 0.1) is 12.3 Å². The summed E-state index contributed by atoms with van der Waals surface area (Å²) < 4.78 is 0. The van der Waals surface area contributed by atoms with Crippen LogP contribution in [0.4, 0.5) is 0 Å². The van der Waals surface area contributed by atoms with E-state index in [1.54, 1.807) is 0 Å². The molecule has 0 bridgehead atoms. The maximum absolute atomic E-state index is 11.8. The van der Waals surface area contributed by atoms with Gasteiger partial charge in [0, 0.05) is 25.0 Å². The van der Waals surface area contributed by atoms with Crippen LogP contribution in [0.5, 0.6) is 0 Å². The van der Waals surface area contributed by atoms with Gasteiger partial charge in [0.25, 0.3) is 0 Å². The monoisotopic (exact) mass is 208 g/mol. The minimum absolute atomic E-state index is 0.198. The highest BCUT2D eigenvalue weighted by Gasteiger charge is 2.30. The number of rotatable bonds is 6.